The highest BCUT2D eigenvalue weighted by Crippen LogP contribution is 2.33. The minimum atomic E-state index is 0.150. The third kappa shape index (κ3) is 3.12. The number of aryl methyl sites for hydroxylation is 1. The Kier molecular flexibility index (Phi) is 4.74. The number of rotatable bonds is 6. The van der Waals surface area contributed by atoms with E-state index in [1.807, 2.05) is 41.3 Å². The monoisotopic (exact) mass is 347 g/mol. The van der Waals surface area contributed by atoms with Crippen LogP contribution >= 0.6 is 0 Å². The van der Waals surface area contributed by atoms with E-state index in [4.69, 9.17) is 4.98 Å². The Morgan fingerprint density at radius 2 is 1.81 bits per heavy atom. The van der Waals surface area contributed by atoms with E-state index in [2.05, 4.69) is 29.7 Å². The molecule has 4 heteroatoms. The van der Waals surface area contributed by atoms with E-state index >= 15 is 0 Å². The van der Waals surface area contributed by atoms with Crippen LogP contribution in [-0.2, 0) is 11.3 Å². The molecule has 4 rings (SSSR count). The van der Waals surface area contributed by atoms with Crippen LogP contribution in [0.3, 0.4) is 0 Å². The number of amides is 1. The van der Waals surface area contributed by atoms with E-state index in [0.717, 1.165) is 30.0 Å². The molecule has 0 spiro atoms. The van der Waals surface area contributed by atoms with Crippen molar-refractivity contribution >= 4 is 22.6 Å². The SMILES string of the molecule is CCCCCn1c([C@H]2CC(=O)N(c3ccccc3)C2)nc2ccccc21. The third-order valence-corrected chi connectivity index (χ3v) is 5.23. The number of para-hydroxylation sites is 3. The molecular formula is C22H25N3O. The van der Waals surface area contributed by atoms with Crippen LogP contribution in [0.1, 0.15) is 44.3 Å². The lowest BCUT2D eigenvalue weighted by Crippen LogP contribution is -2.24. The second-order valence-electron chi connectivity index (χ2n) is 7.06. The zero-order chi connectivity index (χ0) is 17.9. The van der Waals surface area contributed by atoms with Gasteiger partial charge in [0, 0.05) is 31.1 Å². The van der Waals surface area contributed by atoms with Crippen molar-refractivity contribution in [1.29, 1.82) is 0 Å². The number of hydrogen-bond donors (Lipinski definition) is 0. The van der Waals surface area contributed by atoms with Gasteiger partial charge in [0.1, 0.15) is 5.82 Å². The van der Waals surface area contributed by atoms with Gasteiger partial charge in [-0.05, 0) is 30.7 Å². The highest BCUT2D eigenvalue weighted by atomic mass is 16.2. The van der Waals surface area contributed by atoms with Crippen LogP contribution in [0.5, 0.6) is 0 Å². The summed E-state index contributed by atoms with van der Waals surface area (Å²) in [5.74, 6) is 1.40. The summed E-state index contributed by atoms with van der Waals surface area (Å²) in [5, 5.41) is 0. The molecule has 0 radical (unpaired) electrons. The standard InChI is InChI=1S/C22H25N3O/c1-2-3-9-14-24-20-13-8-7-12-19(20)23-22(24)17-15-21(26)25(16-17)18-10-5-4-6-11-18/h4-8,10-13,17H,2-3,9,14-16H2,1H3/t17-/m0/s1. The van der Waals surface area contributed by atoms with Crippen molar-refractivity contribution in [1.82, 2.24) is 9.55 Å². The Labute approximate surface area is 154 Å². The van der Waals surface area contributed by atoms with Crippen molar-refractivity contribution in [2.75, 3.05) is 11.4 Å². The summed E-state index contributed by atoms with van der Waals surface area (Å²) in [6, 6.07) is 18.3. The lowest BCUT2D eigenvalue weighted by atomic mass is 10.1. The van der Waals surface area contributed by atoms with Crippen molar-refractivity contribution < 1.29 is 4.79 Å². The minimum Gasteiger partial charge on any atom is -0.328 e. The summed E-state index contributed by atoms with van der Waals surface area (Å²) >= 11 is 0. The first-order valence-corrected chi connectivity index (χ1v) is 9.58. The molecule has 1 amide bonds. The number of nitrogens with zero attached hydrogens (tertiary/aromatic N) is 3. The maximum Gasteiger partial charge on any atom is 0.227 e. The van der Waals surface area contributed by atoms with Gasteiger partial charge >= 0.3 is 0 Å². The molecular weight excluding hydrogens is 322 g/mol. The molecule has 1 aromatic heterocycles. The van der Waals surface area contributed by atoms with Gasteiger partial charge in [0.15, 0.2) is 0 Å². The highest BCUT2D eigenvalue weighted by molar-refractivity contribution is 5.96. The molecule has 26 heavy (non-hydrogen) atoms. The molecule has 2 aromatic carbocycles. The Balaban J connectivity index is 1.66. The number of fused-ring (bicyclic) bond motifs is 1. The smallest absolute Gasteiger partial charge is 0.227 e. The van der Waals surface area contributed by atoms with Crippen LogP contribution in [0.25, 0.3) is 11.0 Å². The quantitative estimate of drug-likeness (QED) is 0.604. The highest BCUT2D eigenvalue weighted by Gasteiger charge is 2.34. The lowest BCUT2D eigenvalue weighted by molar-refractivity contribution is -0.117. The first kappa shape index (κ1) is 16.8. The van der Waals surface area contributed by atoms with Gasteiger partial charge in [-0.1, -0.05) is 50.1 Å². The summed E-state index contributed by atoms with van der Waals surface area (Å²) in [6.45, 7) is 3.90. The Morgan fingerprint density at radius 3 is 2.62 bits per heavy atom. The van der Waals surface area contributed by atoms with Crippen LogP contribution < -0.4 is 4.90 Å². The largest absolute Gasteiger partial charge is 0.328 e. The Morgan fingerprint density at radius 1 is 1.04 bits per heavy atom. The fraction of sp³-hybridized carbons (Fsp3) is 0.364. The molecule has 0 aliphatic carbocycles. The van der Waals surface area contributed by atoms with Crippen molar-refractivity contribution in [2.24, 2.45) is 0 Å². The molecule has 1 aliphatic heterocycles. The van der Waals surface area contributed by atoms with Crippen molar-refractivity contribution in [3.63, 3.8) is 0 Å². The van der Waals surface area contributed by atoms with E-state index in [1.165, 1.54) is 18.4 Å². The predicted octanol–water partition coefficient (Wildman–Crippen LogP) is 4.75. The summed E-state index contributed by atoms with van der Waals surface area (Å²) < 4.78 is 2.34. The van der Waals surface area contributed by atoms with Crippen molar-refractivity contribution in [3.05, 3.63) is 60.4 Å². The maximum atomic E-state index is 12.6. The van der Waals surface area contributed by atoms with Gasteiger partial charge in [0.2, 0.25) is 5.91 Å². The second-order valence-corrected chi connectivity index (χ2v) is 7.06. The van der Waals surface area contributed by atoms with E-state index in [9.17, 15) is 4.79 Å². The first-order valence-electron chi connectivity index (χ1n) is 9.58. The number of benzene rings is 2. The number of aromatic nitrogens is 2. The molecule has 0 saturated carbocycles. The molecule has 2 heterocycles. The summed E-state index contributed by atoms with van der Waals surface area (Å²) in [4.78, 5) is 19.5. The fourth-order valence-electron chi connectivity index (χ4n) is 3.90. The van der Waals surface area contributed by atoms with Crippen molar-refractivity contribution in [3.8, 4) is 0 Å². The van der Waals surface area contributed by atoms with Gasteiger partial charge < -0.3 is 9.47 Å². The van der Waals surface area contributed by atoms with Crippen LogP contribution in [0.4, 0.5) is 5.69 Å². The van der Waals surface area contributed by atoms with Crippen LogP contribution in [0.2, 0.25) is 0 Å². The third-order valence-electron chi connectivity index (χ3n) is 5.23. The van der Waals surface area contributed by atoms with Gasteiger partial charge in [0.25, 0.3) is 0 Å². The van der Waals surface area contributed by atoms with Crippen LogP contribution in [0, 0.1) is 0 Å². The van der Waals surface area contributed by atoms with Crippen LogP contribution in [-0.4, -0.2) is 22.0 Å². The average Bonchev–Trinajstić information content (AvgIpc) is 3.23. The average molecular weight is 347 g/mol. The van der Waals surface area contributed by atoms with Crippen molar-refractivity contribution in [2.45, 2.75) is 45.1 Å². The number of anilines is 1. The van der Waals surface area contributed by atoms with Gasteiger partial charge in [-0.25, -0.2) is 4.98 Å². The molecule has 134 valence electrons. The molecule has 3 aromatic rings. The molecule has 0 unspecified atom stereocenters. The molecule has 1 atom stereocenters. The number of unbranched alkanes of at least 4 members (excludes halogenated alkanes) is 2. The summed E-state index contributed by atoms with van der Waals surface area (Å²) in [5.41, 5.74) is 3.20. The second kappa shape index (κ2) is 7.32. The van der Waals surface area contributed by atoms with Crippen LogP contribution in [0.15, 0.2) is 54.6 Å². The summed E-state index contributed by atoms with van der Waals surface area (Å²) in [6.07, 6.45) is 4.09. The number of imidazole rings is 1. The number of carbonyl (C=O) groups is 1. The maximum absolute atomic E-state index is 12.6. The molecule has 4 nitrogen and oxygen atoms in total. The molecule has 1 saturated heterocycles. The van der Waals surface area contributed by atoms with Gasteiger partial charge in [-0.3, -0.25) is 4.79 Å². The molecule has 0 bridgehead atoms. The van der Waals surface area contributed by atoms with E-state index in [1.54, 1.807) is 0 Å². The topological polar surface area (TPSA) is 38.1 Å². The molecule has 1 aliphatic rings. The lowest BCUT2D eigenvalue weighted by Gasteiger charge is -2.17. The van der Waals surface area contributed by atoms with E-state index < -0.39 is 0 Å². The van der Waals surface area contributed by atoms with Gasteiger partial charge in [-0.15, -0.1) is 0 Å². The van der Waals surface area contributed by atoms with Gasteiger partial charge in [-0.2, -0.15) is 0 Å². The van der Waals surface area contributed by atoms with Gasteiger partial charge in [0.05, 0.1) is 11.0 Å². The normalized spacial score (nSPS) is 17.3. The zero-order valence-corrected chi connectivity index (χ0v) is 15.3. The molecule has 1 fully saturated rings. The minimum absolute atomic E-state index is 0.150. The van der Waals surface area contributed by atoms with E-state index in [-0.39, 0.29) is 11.8 Å². The fourth-order valence-corrected chi connectivity index (χ4v) is 3.90. The predicted molar refractivity (Wildman–Crippen MR) is 105 cm³/mol. The Bertz CT molecular complexity index is 900. The zero-order valence-electron chi connectivity index (χ0n) is 15.3. The molecule has 0 N–H and O–H groups in total. The number of carbonyl (C=O) groups excluding carboxylic acids is 1. The first-order chi connectivity index (χ1) is 12.8. The summed E-state index contributed by atoms with van der Waals surface area (Å²) in [7, 11) is 0. The number of hydrogen-bond acceptors (Lipinski definition) is 2. The van der Waals surface area contributed by atoms with E-state index in [0.29, 0.717) is 13.0 Å². The Hall–Kier alpha value is -2.62.